The van der Waals surface area contributed by atoms with Crippen molar-refractivity contribution in [2.24, 2.45) is 11.8 Å². The summed E-state index contributed by atoms with van der Waals surface area (Å²) in [5.74, 6) is 1.97. The van der Waals surface area contributed by atoms with Gasteiger partial charge in [-0.05, 0) is 49.8 Å². The Balaban J connectivity index is 1.68. The molecule has 0 amide bonds. The molecule has 1 aromatic rings. The summed E-state index contributed by atoms with van der Waals surface area (Å²) in [7, 11) is 2.26. The zero-order chi connectivity index (χ0) is 11.8. The standard InChI is InChI=1S/C15H22N2/c1-17(10-13-4-2-3-5-14(13)16)15-9-11-6-7-12(15)8-11/h2-5,11-12,15H,6-10,16H2,1H3. The number of nitrogens with zero attached hydrogens (tertiary/aromatic N) is 1. The van der Waals surface area contributed by atoms with Crippen molar-refractivity contribution in [3.8, 4) is 0 Å². The van der Waals surface area contributed by atoms with E-state index in [0.29, 0.717) is 0 Å². The monoisotopic (exact) mass is 230 g/mol. The van der Waals surface area contributed by atoms with Gasteiger partial charge < -0.3 is 5.73 Å². The van der Waals surface area contributed by atoms with E-state index >= 15 is 0 Å². The molecule has 0 aliphatic heterocycles. The van der Waals surface area contributed by atoms with Crippen molar-refractivity contribution in [3.05, 3.63) is 29.8 Å². The normalized spacial score (nSPS) is 31.3. The lowest BCUT2D eigenvalue weighted by atomic mass is 9.94. The van der Waals surface area contributed by atoms with Crippen LogP contribution < -0.4 is 5.73 Å². The van der Waals surface area contributed by atoms with Gasteiger partial charge in [0.25, 0.3) is 0 Å². The Bertz CT molecular complexity index is 402. The highest BCUT2D eigenvalue weighted by molar-refractivity contribution is 5.46. The van der Waals surface area contributed by atoms with Crippen molar-refractivity contribution in [2.45, 2.75) is 38.3 Å². The first kappa shape index (κ1) is 11.1. The first-order chi connectivity index (χ1) is 8.24. The molecule has 92 valence electrons. The van der Waals surface area contributed by atoms with Gasteiger partial charge in [0.15, 0.2) is 0 Å². The second-order valence-corrected chi connectivity index (χ2v) is 5.86. The SMILES string of the molecule is CN(Cc1ccccc1N)C1CC2CCC1C2. The molecule has 0 radical (unpaired) electrons. The predicted octanol–water partition coefficient (Wildman–Crippen LogP) is 2.89. The number of nitrogen functional groups attached to an aromatic ring is 1. The highest BCUT2D eigenvalue weighted by Crippen LogP contribution is 2.46. The minimum Gasteiger partial charge on any atom is -0.398 e. The Morgan fingerprint density at radius 2 is 2.06 bits per heavy atom. The molecular formula is C15H22N2. The van der Waals surface area contributed by atoms with Crippen LogP contribution in [0.2, 0.25) is 0 Å². The van der Waals surface area contributed by atoms with E-state index < -0.39 is 0 Å². The molecule has 0 heterocycles. The molecule has 2 fully saturated rings. The largest absolute Gasteiger partial charge is 0.398 e. The number of anilines is 1. The number of hydrogen-bond acceptors (Lipinski definition) is 2. The van der Waals surface area contributed by atoms with Gasteiger partial charge in [0.2, 0.25) is 0 Å². The Hall–Kier alpha value is -1.02. The molecule has 3 rings (SSSR count). The van der Waals surface area contributed by atoms with Gasteiger partial charge >= 0.3 is 0 Å². The van der Waals surface area contributed by atoms with E-state index in [1.54, 1.807) is 0 Å². The number of para-hydroxylation sites is 1. The quantitative estimate of drug-likeness (QED) is 0.809. The van der Waals surface area contributed by atoms with Gasteiger partial charge in [-0.15, -0.1) is 0 Å². The molecule has 2 nitrogen and oxygen atoms in total. The Kier molecular flexibility index (Phi) is 2.83. The van der Waals surface area contributed by atoms with Gasteiger partial charge in [-0.1, -0.05) is 24.6 Å². The van der Waals surface area contributed by atoms with E-state index in [-0.39, 0.29) is 0 Å². The maximum atomic E-state index is 6.02. The molecule has 2 saturated carbocycles. The molecule has 2 aliphatic rings. The van der Waals surface area contributed by atoms with E-state index in [0.717, 1.165) is 30.1 Å². The van der Waals surface area contributed by atoms with Crippen molar-refractivity contribution in [1.82, 2.24) is 4.90 Å². The highest BCUT2D eigenvalue weighted by atomic mass is 15.1. The van der Waals surface area contributed by atoms with Crippen LogP contribution in [-0.4, -0.2) is 18.0 Å². The van der Waals surface area contributed by atoms with Crippen LogP contribution in [0.3, 0.4) is 0 Å². The molecule has 0 spiro atoms. The fraction of sp³-hybridized carbons (Fsp3) is 0.600. The fourth-order valence-electron chi connectivity index (χ4n) is 3.82. The second kappa shape index (κ2) is 4.34. The van der Waals surface area contributed by atoms with E-state index in [9.17, 15) is 0 Å². The fourth-order valence-corrected chi connectivity index (χ4v) is 3.82. The zero-order valence-electron chi connectivity index (χ0n) is 10.6. The molecule has 3 atom stereocenters. The van der Waals surface area contributed by atoms with Gasteiger partial charge in [-0.2, -0.15) is 0 Å². The van der Waals surface area contributed by atoms with Crippen LogP contribution in [-0.2, 0) is 6.54 Å². The van der Waals surface area contributed by atoms with Crippen LogP contribution in [0.4, 0.5) is 5.69 Å². The van der Waals surface area contributed by atoms with E-state index in [1.807, 2.05) is 12.1 Å². The van der Waals surface area contributed by atoms with Gasteiger partial charge in [0.1, 0.15) is 0 Å². The summed E-state index contributed by atoms with van der Waals surface area (Å²) in [5.41, 5.74) is 8.23. The maximum Gasteiger partial charge on any atom is 0.0359 e. The summed E-state index contributed by atoms with van der Waals surface area (Å²) in [6, 6.07) is 9.05. The minimum atomic E-state index is 0.799. The van der Waals surface area contributed by atoms with Crippen molar-refractivity contribution < 1.29 is 0 Å². The first-order valence-corrected chi connectivity index (χ1v) is 6.77. The third-order valence-electron chi connectivity index (χ3n) is 4.74. The average Bonchev–Trinajstić information content (AvgIpc) is 2.94. The number of rotatable bonds is 3. The van der Waals surface area contributed by atoms with Crippen LogP contribution in [0.15, 0.2) is 24.3 Å². The third-order valence-corrected chi connectivity index (χ3v) is 4.74. The van der Waals surface area contributed by atoms with Crippen LogP contribution >= 0.6 is 0 Å². The number of nitrogens with two attached hydrogens (primary N) is 1. The minimum absolute atomic E-state index is 0.799. The van der Waals surface area contributed by atoms with E-state index in [1.165, 1.54) is 31.2 Å². The van der Waals surface area contributed by atoms with E-state index in [4.69, 9.17) is 5.73 Å². The molecule has 0 saturated heterocycles. The molecule has 2 heteroatoms. The Labute approximate surface area is 104 Å². The maximum absolute atomic E-state index is 6.02. The lowest BCUT2D eigenvalue weighted by Gasteiger charge is -2.31. The molecule has 2 bridgehead atoms. The van der Waals surface area contributed by atoms with Crippen molar-refractivity contribution in [3.63, 3.8) is 0 Å². The molecule has 0 aromatic heterocycles. The number of fused-ring (bicyclic) bond motifs is 2. The van der Waals surface area contributed by atoms with Crippen LogP contribution in [0.1, 0.15) is 31.2 Å². The highest BCUT2D eigenvalue weighted by Gasteiger charge is 2.41. The third kappa shape index (κ3) is 2.06. The van der Waals surface area contributed by atoms with Crippen LogP contribution in [0.25, 0.3) is 0 Å². The molecule has 2 aliphatic carbocycles. The summed E-state index contributed by atoms with van der Waals surface area (Å²) in [4.78, 5) is 2.52. The lowest BCUT2D eigenvalue weighted by Crippen LogP contribution is -2.35. The Morgan fingerprint density at radius 3 is 2.71 bits per heavy atom. The predicted molar refractivity (Wildman–Crippen MR) is 71.6 cm³/mol. The average molecular weight is 230 g/mol. The lowest BCUT2D eigenvalue weighted by molar-refractivity contribution is 0.169. The van der Waals surface area contributed by atoms with Crippen molar-refractivity contribution >= 4 is 5.69 Å². The molecular weight excluding hydrogens is 208 g/mol. The van der Waals surface area contributed by atoms with Gasteiger partial charge in [-0.25, -0.2) is 0 Å². The van der Waals surface area contributed by atoms with E-state index in [2.05, 4.69) is 24.1 Å². The van der Waals surface area contributed by atoms with Crippen molar-refractivity contribution in [1.29, 1.82) is 0 Å². The summed E-state index contributed by atoms with van der Waals surface area (Å²) < 4.78 is 0. The summed E-state index contributed by atoms with van der Waals surface area (Å²) in [5, 5.41) is 0. The van der Waals surface area contributed by atoms with Gasteiger partial charge in [0, 0.05) is 18.3 Å². The first-order valence-electron chi connectivity index (χ1n) is 6.77. The number of benzene rings is 1. The second-order valence-electron chi connectivity index (χ2n) is 5.86. The van der Waals surface area contributed by atoms with Crippen molar-refractivity contribution in [2.75, 3.05) is 12.8 Å². The smallest absolute Gasteiger partial charge is 0.0359 e. The van der Waals surface area contributed by atoms with Gasteiger partial charge in [-0.3, -0.25) is 4.90 Å². The summed E-state index contributed by atoms with van der Waals surface area (Å²) >= 11 is 0. The molecule has 17 heavy (non-hydrogen) atoms. The number of hydrogen-bond donors (Lipinski definition) is 1. The van der Waals surface area contributed by atoms with Gasteiger partial charge in [0.05, 0.1) is 0 Å². The molecule has 1 aromatic carbocycles. The summed E-state index contributed by atoms with van der Waals surface area (Å²) in [6.07, 6.45) is 5.81. The molecule has 2 N–H and O–H groups in total. The van der Waals surface area contributed by atoms with Crippen LogP contribution in [0, 0.1) is 11.8 Å². The molecule has 3 unspecified atom stereocenters. The van der Waals surface area contributed by atoms with Crippen LogP contribution in [0.5, 0.6) is 0 Å². The zero-order valence-corrected chi connectivity index (χ0v) is 10.6. The topological polar surface area (TPSA) is 29.3 Å². The summed E-state index contributed by atoms with van der Waals surface area (Å²) in [6.45, 7) is 1.00. The Morgan fingerprint density at radius 1 is 1.24 bits per heavy atom.